The highest BCUT2D eigenvalue weighted by molar-refractivity contribution is 6.02. The lowest BCUT2D eigenvalue weighted by molar-refractivity contribution is 0.0988. The second-order valence-corrected chi connectivity index (χ2v) is 8.34. The predicted molar refractivity (Wildman–Crippen MR) is 124 cm³/mol. The average molecular weight is 475 g/mol. The number of nitrogens with zero attached hydrogens (tertiary/aromatic N) is 3. The Bertz CT molecular complexity index is 1360. The molecule has 0 unspecified atom stereocenters. The highest BCUT2D eigenvalue weighted by atomic mass is 19.1. The third-order valence-electron chi connectivity index (χ3n) is 6.00. The van der Waals surface area contributed by atoms with Crippen molar-refractivity contribution >= 4 is 17.6 Å². The predicted octanol–water partition coefficient (Wildman–Crippen LogP) is 4.66. The van der Waals surface area contributed by atoms with Gasteiger partial charge < -0.3 is 20.3 Å². The van der Waals surface area contributed by atoms with Crippen LogP contribution in [0.1, 0.15) is 47.0 Å². The summed E-state index contributed by atoms with van der Waals surface area (Å²) in [6, 6.07) is 13.4. The Hall–Kier alpha value is -4.47. The monoisotopic (exact) mass is 475 g/mol. The molecule has 2 aromatic heterocycles. The van der Waals surface area contributed by atoms with Gasteiger partial charge in [-0.05, 0) is 48.7 Å². The Balaban J connectivity index is 1.36. The number of amides is 2. The summed E-state index contributed by atoms with van der Waals surface area (Å²) in [7, 11) is 0. The lowest BCUT2D eigenvalue weighted by Gasteiger charge is -2.25. The van der Waals surface area contributed by atoms with Crippen molar-refractivity contribution in [2.45, 2.75) is 31.7 Å². The van der Waals surface area contributed by atoms with Crippen molar-refractivity contribution < 1.29 is 23.6 Å². The van der Waals surface area contributed by atoms with Crippen molar-refractivity contribution in [2.24, 2.45) is 0 Å². The fourth-order valence-corrected chi connectivity index (χ4v) is 3.89. The Kier molecular flexibility index (Phi) is 6.01. The minimum Gasteiger partial charge on any atom is -0.507 e. The molecule has 1 aliphatic rings. The van der Waals surface area contributed by atoms with E-state index in [9.17, 15) is 19.1 Å². The minimum absolute atomic E-state index is 0.0455. The van der Waals surface area contributed by atoms with E-state index in [1.807, 2.05) is 6.07 Å². The molecule has 3 N–H and O–H groups in total. The molecule has 0 aliphatic heterocycles. The average Bonchev–Trinajstić information content (AvgIpc) is 3.48. The molecule has 0 radical (unpaired) electrons. The van der Waals surface area contributed by atoms with Gasteiger partial charge in [-0.1, -0.05) is 23.7 Å². The Morgan fingerprint density at radius 3 is 2.57 bits per heavy atom. The topological polar surface area (TPSA) is 122 Å². The van der Waals surface area contributed by atoms with Crippen LogP contribution >= 0.6 is 0 Å². The van der Waals surface area contributed by atoms with Gasteiger partial charge in [0.25, 0.3) is 5.91 Å². The summed E-state index contributed by atoms with van der Waals surface area (Å²) in [5, 5.41) is 24.1. The number of hydrogen-bond acceptors (Lipinski definition) is 6. The van der Waals surface area contributed by atoms with Crippen molar-refractivity contribution in [3.05, 3.63) is 83.6 Å². The van der Waals surface area contributed by atoms with Crippen molar-refractivity contribution in [2.75, 3.05) is 5.32 Å². The molecular formula is C25H22FN5O4. The molecule has 2 aromatic carbocycles. The lowest BCUT2D eigenvalue weighted by atomic mass is 9.82. The third-order valence-corrected chi connectivity index (χ3v) is 6.00. The number of hydrogen-bond donors (Lipinski definition) is 3. The second kappa shape index (κ2) is 9.41. The molecule has 1 aliphatic carbocycles. The van der Waals surface area contributed by atoms with Crippen LogP contribution in [0.5, 0.6) is 5.75 Å². The number of phenols is 1. The van der Waals surface area contributed by atoms with Gasteiger partial charge in [-0.15, -0.1) is 0 Å². The molecule has 4 aromatic rings. The number of carbonyl (C=O) groups is 2. The highest BCUT2D eigenvalue weighted by Crippen LogP contribution is 2.39. The molecule has 1 saturated carbocycles. The molecule has 2 amide bonds. The number of benzene rings is 2. The van der Waals surface area contributed by atoms with Crippen LogP contribution in [0, 0.1) is 5.82 Å². The largest absolute Gasteiger partial charge is 0.507 e. The number of anilines is 1. The Morgan fingerprint density at radius 2 is 1.91 bits per heavy atom. The fraction of sp³-hybridized carbons (Fsp3) is 0.200. The number of rotatable bonds is 6. The van der Waals surface area contributed by atoms with Gasteiger partial charge in [0.15, 0.2) is 0 Å². The van der Waals surface area contributed by atoms with E-state index in [1.54, 1.807) is 24.3 Å². The molecule has 0 bridgehead atoms. The zero-order valence-electron chi connectivity index (χ0n) is 18.6. The normalized spacial score (nSPS) is 13.3. The van der Waals surface area contributed by atoms with Crippen molar-refractivity contribution in [1.82, 2.24) is 20.3 Å². The summed E-state index contributed by atoms with van der Waals surface area (Å²) < 4.78 is 19.3. The SMILES string of the molecule is O=C(Nc1ccc(-c2cc(C3CCC3)n(C(=O)NCc3ccc(F)cc3)n2)c(O)c1)c1ccno1. The van der Waals surface area contributed by atoms with Crippen molar-refractivity contribution in [3.63, 3.8) is 0 Å². The van der Waals surface area contributed by atoms with E-state index >= 15 is 0 Å². The van der Waals surface area contributed by atoms with Crippen molar-refractivity contribution in [1.29, 1.82) is 0 Å². The molecule has 178 valence electrons. The molecule has 2 heterocycles. The zero-order valence-corrected chi connectivity index (χ0v) is 18.6. The van der Waals surface area contributed by atoms with E-state index in [4.69, 9.17) is 4.52 Å². The standard InChI is InChI=1S/C25H22FN5O4/c26-17-6-4-15(5-7-17)14-27-25(34)31-21(16-2-1-3-16)13-20(30-31)19-9-8-18(12-22(19)32)29-24(33)23-10-11-28-35-23/h4-13,16,32H,1-3,14H2,(H,27,34)(H,29,33). The van der Waals surface area contributed by atoms with E-state index < -0.39 is 11.9 Å². The summed E-state index contributed by atoms with van der Waals surface area (Å²) in [5.74, 6) is -0.687. The van der Waals surface area contributed by atoms with Gasteiger partial charge in [-0.3, -0.25) is 4.79 Å². The highest BCUT2D eigenvalue weighted by Gasteiger charge is 2.27. The number of carbonyl (C=O) groups excluding carboxylic acids is 2. The first-order valence-corrected chi connectivity index (χ1v) is 11.2. The van der Waals surface area contributed by atoms with E-state index in [0.29, 0.717) is 16.9 Å². The smallest absolute Gasteiger partial charge is 0.342 e. The van der Waals surface area contributed by atoms with Crippen LogP contribution in [-0.4, -0.2) is 32.0 Å². The minimum atomic E-state index is -0.496. The van der Waals surface area contributed by atoms with Gasteiger partial charge in [0.1, 0.15) is 11.6 Å². The van der Waals surface area contributed by atoms with E-state index in [-0.39, 0.29) is 29.8 Å². The summed E-state index contributed by atoms with van der Waals surface area (Å²) in [5.41, 5.74) is 2.76. The van der Waals surface area contributed by atoms with Crippen LogP contribution in [0.2, 0.25) is 0 Å². The van der Waals surface area contributed by atoms with Crippen LogP contribution in [0.15, 0.2) is 65.3 Å². The maximum absolute atomic E-state index is 13.1. The van der Waals surface area contributed by atoms with E-state index in [0.717, 1.165) is 30.5 Å². The molecule has 1 fully saturated rings. The lowest BCUT2D eigenvalue weighted by Crippen LogP contribution is -2.31. The van der Waals surface area contributed by atoms with Crippen LogP contribution in [0.25, 0.3) is 11.3 Å². The van der Waals surface area contributed by atoms with Crippen LogP contribution in [-0.2, 0) is 6.54 Å². The summed E-state index contributed by atoms with van der Waals surface area (Å²) >= 11 is 0. The van der Waals surface area contributed by atoms with Crippen LogP contribution in [0.4, 0.5) is 14.9 Å². The number of phenolic OH excluding ortho intramolecular Hbond substituents is 1. The zero-order chi connectivity index (χ0) is 24.4. The maximum atomic E-state index is 13.1. The van der Waals surface area contributed by atoms with Gasteiger partial charge >= 0.3 is 6.03 Å². The Morgan fingerprint density at radius 1 is 1.11 bits per heavy atom. The Labute approximate surface area is 199 Å². The van der Waals surface area contributed by atoms with Crippen molar-refractivity contribution in [3.8, 4) is 17.0 Å². The van der Waals surface area contributed by atoms with Crippen LogP contribution < -0.4 is 10.6 Å². The van der Waals surface area contributed by atoms with E-state index in [2.05, 4.69) is 20.9 Å². The van der Waals surface area contributed by atoms with Crippen LogP contribution in [0.3, 0.4) is 0 Å². The fourth-order valence-electron chi connectivity index (χ4n) is 3.89. The first-order chi connectivity index (χ1) is 17.0. The maximum Gasteiger partial charge on any atom is 0.342 e. The summed E-state index contributed by atoms with van der Waals surface area (Å²) in [6.45, 7) is 0.225. The molecule has 9 nitrogen and oxygen atoms in total. The number of aromatic hydroxyl groups is 1. The van der Waals surface area contributed by atoms with Gasteiger partial charge in [-0.25, -0.2) is 9.18 Å². The molecule has 0 spiro atoms. The molecule has 10 heteroatoms. The molecule has 0 atom stereocenters. The summed E-state index contributed by atoms with van der Waals surface area (Å²) in [6.07, 6.45) is 4.35. The summed E-state index contributed by atoms with van der Waals surface area (Å²) in [4.78, 5) is 25.1. The second-order valence-electron chi connectivity index (χ2n) is 8.34. The quantitative estimate of drug-likeness (QED) is 0.373. The van der Waals surface area contributed by atoms with Gasteiger partial charge in [0.05, 0.1) is 17.6 Å². The molecular weight excluding hydrogens is 453 g/mol. The van der Waals surface area contributed by atoms with E-state index in [1.165, 1.54) is 35.1 Å². The molecule has 35 heavy (non-hydrogen) atoms. The van der Waals surface area contributed by atoms with Gasteiger partial charge in [-0.2, -0.15) is 9.78 Å². The molecule has 0 saturated heterocycles. The third kappa shape index (κ3) is 4.77. The first kappa shape index (κ1) is 22.3. The number of nitrogens with one attached hydrogen (secondary N) is 2. The van der Waals surface area contributed by atoms with Gasteiger partial charge in [0.2, 0.25) is 5.76 Å². The van der Waals surface area contributed by atoms with Gasteiger partial charge in [0, 0.05) is 35.8 Å². The number of aromatic nitrogens is 3. The first-order valence-electron chi connectivity index (χ1n) is 11.2. The molecule has 5 rings (SSSR count). The number of halogens is 1.